The Bertz CT molecular complexity index is 550. The first kappa shape index (κ1) is 16.0. The third-order valence-corrected chi connectivity index (χ3v) is 5.13. The van der Waals surface area contributed by atoms with Gasteiger partial charge in [-0.15, -0.1) is 11.3 Å². The number of hydrogen-bond acceptors (Lipinski definition) is 3. The van der Waals surface area contributed by atoms with E-state index < -0.39 is 11.9 Å². The van der Waals surface area contributed by atoms with Crippen LogP contribution in [-0.2, 0) is 9.59 Å². The average molecular weight is 309 g/mol. The van der Waals surface area contributed by atoms with Crippen LogP contribution >= 0.6 is 11.3 Å². The van der Waals surface area contributed by atoms with Gasteiger partial charge >= 0.3 is 5.97 Å². The van der Waals surface area contributed by atoms with Crippen LogP contribution in [0, 0.1) is 19.8 Å². The number of carbonyl (C=O) groups excluding carboxylic acids is 1. The summed E-state index contributed by atoms with van der Waals surface area (Å²) in [7, 11) is 0. The van der Waals surface area contributed by atoms with E-state index in [1.54, 1.807) is 16.2 Å². The lowest BCUT2D eigenvalue weighted by atomic mass is 9.88. The molecular formula is C16H23NO3S. The lowest BCUT2D eigenvalue weighted by Crippen LogP contribution is -2.43. The van der Waals surface area contributed by atoms with Crippen LogP contribution in [0.5, 0.6) is 0 Å². The Balaban J connectivity index is 2.56. The highest BCUT2D eigenvalue weighted by Crippen LogP contribution is 2.40. The molecule has 1 amide bonds. The van der Waals surface area contributed by atoms with Crippen molar-refractivity contribution in [2.75, 3.05) is 0 Å². The number of aliphatic carboxylic acids is 1. The SMILES string of the molecule is Cc1cc(C2C(C(=O)O)CCCC(=O)N2C(C)C)c(C)s1. The highest BCUT2D eigenvalue weighted by Gasteiger charge is 2.40. The van der Waals surface area contributed by atoms with Gasteiger partial charge in [0.15, 0.2) is 0 Å². The van der Waals surface area contributed by atoms with E-state index in [4.69, 9.17) is 0 Å². The van der Waals surface area contributed by atoms with Crippen LogP contribution in [0.1, 0.15) is 54.5 Å². The summed E-state index contributed by atoms with van der Waals surface area (Å²) in [4.78, 5) is 28.3. The molecule has 0 spiro atoms. The second-order valence-electron chi connectivity index (χ2n) is 6.05. The molecule has 5 heteroatoms. The van der Waals surface area contributed by atoms with Gasteiger partial charge in [0.25, 0.3) is 0 Å². The maximum atomic E-state index is 12.5. The Labute approximate surface area is 129 Å². The standard InChI is InChI=1S/C16H23NO3S/c1-9(2)17-14(18)7-5-6-12(16(19)20)15(17)13-8-10(3)21-11(13)4/h8-9,12,15H,5-7H2,1-4H3,(H,19,20). The van der Waals surface area contributed by atoms with Crippen LogP contribution in [-0.4, -0.2) is 27.9 Å². The third-order valence-electron chi connectivity index (χ3n) is 4.15. The summed E-state index contributed by atoms with van der Waals surface area (Å²) < 4.78 is 0. The maximum Gasteiger partial charge on any atom is 0.308 e. The van der Waals surface area contributed by atoms with E-state index in [0.717, 1.165) is 15.3 Å². The minimum absolute atomic E-state index is 0.00190. The van der Waals surface area contributed by atoms with Gasteiger partial charge in [0.05, 0.1) is 12.0 Å². The minimum atomic E-state index is -0.802. The van der Waals surface area contributed by atoms with Crippen molar-refractivity contribution in [3.8, 4) is 0 Å². The lowest BCUT2D eigenvalue weighted by Gasteiger charge is -2.36. The quantitative estimate of drug-likeness (QED) is 0.929. The number of nitrogens with zero attached hydrogens (tertiary/aromatic N) is 1. The lowest BCUT2D eigenvalue weighted by molar-refractivity contribution is -0.147. The van der Waals surface area contributed by atoms with E-state index in [9.17, 15) is 14.7 Å². The monoisotopic (exact) mass is 309 g/mol. The van der Waals surface area contributed by atoms with Crippen molar-refractivity contribution < 1.29 is 14.7 Å². The first-order chi connectivity index (χ1) is 9.82. The Morgan fingerprint density at radius 3 is 2.57 bits per heavy atom. The Hall–Kier alpha value is -1.36. The van der Waals surface area contributed by atoms with Gasteiger partial charge < -0.3 is 10.0 Å². The first-order valence-electron chi connectivity index (χ1n) is 7.43. The molecule has 1 saturated heterocycles. The van der Waals surface area contributed by atoms with E-state index in [-0.39, 0.29) is 18.0 Å². The van der Waals surface area contributed by atoms with E-state index in [0.29, 0.717) is 19.3 Å². The van der Waals surface area contributed by atoms with Gasteiger partial charge in [0, 0.05) is 22.2 Å². The molecule has 2 rings (SSSR count). The Morgan fingerprint density at radius 1 is 1.43 bits per heavy atom. The van der Waals surface area contributed by atoms with E-state index in [1.165, 1.54) is 0 Å². The number of amides is 1. The molecule has 0 aromatic carbocycles. The van der Waals surface area contributed by atoms with Crippen LogP contribution < -0.4 is 0 Å². The van der Waals surface area contributed by atoms with Gasteiger partial charge in [0.1, 0.15) is 0 Å². The molecule has 4 nitrogen and oxygen atoms in total. The highest BCUT2D eigenvalue weighted by atomic mass is 32.1. The highest BCUT2D eigenvalue weighted by molar-refractivity contribution is 7.12. The van der Waals surface area contributed by atoms with Crippen LogP contribution in [0.15, 0.2) is 6.07 Å². The topological polar surface area (TPSA) is 57.6 Å². The van der Waals surface area contributed by atoms with Gasteiger partial charge in [-0.05, 0) is 52.2 Å². The van der Waals surface area contributed by atoms with Crippen molar-refractivity contribution in [2.24, 2.45) is 5.92 Å². The van der Waals surface area contributed by atoms with Crippen molar-refractivity contribution in [3.05, 3.63) is 21.4 Å². The molecule has 116 valence electrons. The predicted molar refractivity (Wildman–Crippen MR) is 83.5 cm³/mol. The zero-order valence-corrected chi connectivity index (χ0v) is 13.9. The maximum absolute atomic E-state index is 12.5. The number of carboxylic acid groups (broad SMARTS) is 1. The molecule has 1 aromatic rings. The van der Waals surface area contributed by atoms with Crippen molar-refractivity contribution >= 4 is 23.2 Å². The summed E-state index contributed by atoms with van der Waals surface area (Å²) in [6.45, 7) is 7.96. The molecule has 2 heterocycles. The summed E-state index contributed by atoms with van der Waals surface area (Å²) >= 11 is 1.67. The number of likely N-dealkylation sites (tertiary alicyclic amines) is 1. The Morgan fingerprint density at radius 2 is 2.10 bits per heavy atom. The number of hydrogen-bond donors (Lipinski definition) is 1. The summed E-state index contributed by atoms with van der Waals surface area (Å²) in [5.41, 5.74) is 1.01. The van der Waals surface area contributed by atoms with Crippen molar-refractivity contribution in [1.29, 1.82) is 0 Å². The normalized spacial score (nSPS) is 23.5. The fourth-order valence-electron chi connectivity index (χ4n) is 3.29. The zero-order chi connectivity index (χ0) is 15.7. The number of rotatable bonds is 3. The molecular weight excluding hydrogens is 286 g/mol. The van der Waals surface area contributed by atoms with Crippen molar-refractivity contribution in [1.82, 2.24) is 4.90 Å². The van der Waals surface area contributed by atoms with Crippen molar-refractivity contribution in [2.45, 2.75) is 59.0 Å². The predicted octanol–water partition coefficient (Wildman–Crippen LogP) is 3.53. The smallest absolute Gasteiger partial charge is 0.308 e. The van der Waals surface area contributed by atoms with Crippen LogP contribution in [0.4, 0.5) is 0 Å². The van der Waals surface area contributed by atoms with Gasteiger partial charge in [-0.2, -0.15) is 0 Å². The first-order valence-corrected chi connectivity index (χ1v) is 8.25. The molecule has 1 aliphatic rings. The van der Waals surface area contributed by atoms with Gasteiger partial charge in [-0.3, -0.25) is 9.59 Å². The molecule has 0 bridgehead atoms. The fourth-order valence-corrected chi connectivity index (χ4v) is 4.25. The molecule has 1 fully saturated rings. The van der Waals surface area contributed by atoms with E-state index in [2.05, 4.69) is 6.07 Å². The minimum Gasteiger partial charge on any atom is -0.481 e. The molecule has 1 aromatic heterocycles. The Kier molecular flexibility index (Phi) is 4.71. The number of carboxylic acids is 1. The molecule has 0 aliphatic carbocycles. The van der Waals surface area contributed by atoms with Crippen molar-refractivity contribution in [3.63, 3.8) is 0 Å². The summed E-state index contributed by atoms with van der Waals surface area (Å²) in [6, 6.07) is 1.71. The van der Waals surface area contributed by atoms with Gasteiger partial charge in [0.2, 0.25) is 5.91 Å². The third kappa shape index (κ3) is 3.12. The molecule has 1 N–H and O–H groups in total. The number of aryl methyl sites for hydroxylation is 2. The zero-order valence-electron chi connectivity index (χ0n) is 13.0. The molecule has 0 saturated carbocycles. The molecule has 1 aliphatic heterocycles. The number of carbonyl (C=O) groups is 2. The van der Waals surface area contributed by atoms with Crippen LogP contribution in [0.25, 0.3) is 0 Å². The number of thiophene rings is 1. The van der Waals surface area contributed by atoms with E-state index in [1.807, 2.05) is 27.7 Å². The molecule has 2 unspecified atom stereocenters. The molecule has 21 heavy (non-hydrogen) atoms. The fraction of sp³-hybridized carbons (Fsp3) is 0.625. The van der Waals surface area contributed by atoms with Gasteiger partial charge in [-0.1, -0.05) is 0 Å². The average Bonchev–Trinajstić information content (AvgIpc) is 2.60. The molecule has 0 radical (unpaired) electrons. The van der Waals surface area contributed by atoms with Crippen LogP contribution in [0.3, 0.4) is 0 Å². The molecule has 2 atom stereocenters. The summed E-state index contributed by atoms with van der Waals surface area (Å²) in [6.07, 6.45) is 1.65. The van der Waals surface area contributed by atoms with Crippen LogP contribution in [0.2, 0.25) is 0 Å². The van der Waals surface area contributed by atoms with Gasteiger partial charge in [-0.25, -0.2) is 0 Å². The summed E-state index contributed by atoms with van der Waals surface area (Å²) in [5, 5.41) is 9.64. The largest absolute Gasteiger partial charge is 0.481 e. The second kappa shape index (κ2) is 6.18. The van der Waals surface area contributed by atoms with E-state index >= 15 is 0 Å². The summed E-state index contributed by atoms with van der Waals surface area (Å²) in [5.74, 6) is -1.25. The second-order valence-corrected chi connectivity index (χ2v) is 7.51.